The summed E-state index contributed by atoms with van der Waals surface area (Å²) >= 11 is 0. The number of hydrogen-bond acceptors (Lipinski definition) is 2. The highest BCUT2D eigenvalue weighted by molar-refractivity contribution is 5.82. The average Bonchev–Trinajstić information content (AvgIpc) is 2.14. The van der Waals surface area contributed by atoms with Gasteiger partial charge >= 0.3 is 0 Å². The van der Waals surface area contributed by atoms with Crippen molar-refractivity contribution in [2.45, 2.75) is 47.1 Å². The fourth-order valence-electron chi connectivity index (χ4n) is 2.65. The number of rotatable bonds is 3. The predicted molar refractivity (Wildman–Crippen MR) is 67.3 cm³/mol. The SMILES string of the molecule is CC(C)CC(C)(C)C(=O)N1CCNC(C)C1. The predicted octanol–water partition coefficient (Wildman–Crippen LogP) is 1.88. The van der Waals surface area contributed by atoms with Gasteiger partial charge in [-0.2, -0.15) is 0 Å². The Labute approximate surface area is 99.6 Å². The van der Waals surface area contributed by atoms with E-state index in [1.807, 2.05) is 4.90 Å². The summed E-state index contributed by atoms with van der Waals surface area (Å²) in [4.78, 5) is 14.4. The minimum absolute atomic E-state index is 0.217. The number of amides is 1. The molecule has 16 heavy (non-hydrogen) atoms. The first kappa shape index (κ1) is 13.5. The van der Waals surface area contributed by atoms with Gasteiger partial charge in [-0.15, -0.1) is 0 Å². The summed E-state index contributed by atoms with van der Waals surface area (Å²) in [6.45, 7) is 13.2. The van der Waals surface area contributed by atoms with E-state index in [-0.39, 0.29) is 5.41 Å². The Kier molecular flexibility index (Phi) is 4.36. The summed E-state index contributed by atoms with van der Waals surface area (Å²) < 4.78 is 0. The van der Waals surface area contributed by atoms with Crippen LogP contribution in [0.4, 0.5) is 0 Å². The van der Waals surface area contributed by atoms with Gasteiger partial charge in [-0.05, 0) is 19.3 Å². The van der Waals surface area contributed by atoms with Gasteiger partial charge in [-0.25, -0.2) is 0 Å². The van der Waals surface area contributed by atoms with Crippen molar-refractivity contribution in [3.8, 4) is 0 Å². The van der Waals surface area contributed by atoms with E-state index in [1.165, 1.54) is 0 Å². The largest absolute Gasteiger partial charge is 0.339 e. The van der Waals surface area contributed by atoms with E-state index in [9.17, 15) is 4.79 Å². The van der Waals surface area contributed by atoms with Crippen LogP contribution < -0.4 is 5.32 Å². The second-order valence-electron chi connectivity index (χ2n) is 6.09. The summed E-state index contributed by atoms with van der Waals surface area (Å²) in [5.74, 6) is 0.883. The second-order valence-corrected chi connectivity index (χ2v) is 6.09. The van der Waals surface area contributed by atoms with E-state index in [4.69, 9.17) is 0 Å². The molecule has 1 rings (SSSR count). The molecular weight excluding hydrogens is 200 g/mol. The van der Waals surface area contributed by atoms with E-state index < -0.39 is 0 Å². The van der Waals surface area contributed by atoms with Gasteiger partial charge in [0, 0.05) is 31.1 Å². The molecule has 1 amide bonds. The normalized spacial score (nSPS) is 22.6. The van der Waals surface area contributed by atoms with Gasteiger partial charge in [0.2, 0.25) is 5.91 Å². The molecule has 94 valence electrons. The zero-order valence-electron chi connectivity index (χ0n) is 11.3. The van der Waals surface area contributed by atoms with Crippen molar-refractivity contribution >= 4 is 5.91 Å². The Bertz CT molecular complexity index is 248. The minimum Gasteiger partial charge on any atom is -0.339 e. The third-order valence-electron chi connectivity index (χ3n) is 3.15. The Morgan fingerprint density at radius 3 is 2.62 bits per heavy atom. The first-order chi connectivity index (χ1) is 7.33. The van der Waals surface area contributed by atoms with Crippen LogP contribution in [0.25, 0.3) is 0 Å². The summed E-state index contributed by atoms with van der Waals surface area (Å²) in [5, 5.41) is 3.37. The lowest BCUT2D eigenvalue weighted by atomic mass is 9.82. The van der Waals surface area contributed by atoms with Crippen LogP contribution in [0.15, 0.2) is 0 Å². The van der Waals surface area contributed by atoms with E-state index in [2.05, 4.69) is 39.9 Å². The van der Waals surface area contributed by atoms with Crippen LogP contribution in [0.3, 0.4) is 0 Å². The van der Waals surface area contributed by atoms with Crippen molar-refractivity contribution in [1.29, 1.82) is 0 Å². The summed E-state index contributed by atoms with van der Waals surface area (Å²) in [5.41, 5.74) is -0.217. The van der Waals surface area contributed by atoms with Crippen LogP contribution in [-0.2, 0) is 4.79 Å². The maximum atomic E-state index is 12.4. The van der Waals surface area contributed by atoms with Crippen LogP contribution in [0.5, 0.6) is 0 Å². The lowest BCUT2D eigenvalue weighted by Crippen LogP contribution is -2.54. The first-order valence-corrected chi connectivity index (χ1v) is 6.35. The molecular formula is C13H26N2O. The van der Waals surface area contributed by atoms with Crippen molar-refractivity contribution in [1.82, 2.24) is 10.2 Å². The zero-order chi connectivity index (χ0) is 12.3. The molecule has 0 aromatic carbocycles. The van der Waals surface area contributed by atoms with E-state index in [1.54, 1.807) is 0 Å². The molecule has 0 radical (unpaired) electrons. The molecule has 1 aliphatic rings. The summed E-state index contributed by atoms with van der Waals surface area (Å²) in [6.07, 6.45) is 0.962. The Balaban J connectivity index is 2.61. The van der Waals surface area contributed by atoms with Crippen LogP contribution in [0.1, 0.15) is 41.0 Å². The molecule has 3 nitrogen and oxygen atoms in total. The third-order valence-corrected chi connectivity index (χ3v) is 3.15. The second kappa shape index (κ2) is 5.17. The van der Waals surface area contributed by atoms with Crippen LogP contribution in [0.2, 0.25) is 0 Å². The number of nitrogens with one attached hydrogen (secondary N) is 1. The van der Waals surface area contributed by atoms with Crippen molar-refractivity contribution in [3.63, 3.8) is 0 Å². The van der Waals surface area contributed by atoms with Crippen molar-refractivity contribution in [2.75, 3.05) is 19.6 Å². The Hall–Kier alpha value is -0.570. The molecule has 1 unspecified atom stereocenters. The first-order valence-electron chi connectivity index (χ1n) is 6.35. The molecule has 1 N–H and O–H groups in total. The van der Waals surface area contributed by atoms with Crippen molar-refractivity contribution < 1.29 is 4.79 Å². The summed E-state index contributed by atoms with van der Waals surface area (Å²) in [7, 11) is 0. The Morgan fingerprint density at radius 2 is 2.12 bits per heavy atom. The molecule has 0 spiro atoms. The van der Waals surface area contributed by atoms with Gasteiger partial charge in [0.1, 0.15) is 0 Å². The number of piperazine rings is 1. The fraction of sp³-hybridized carbons (Fsp3) is 0.923. The highest BCUT2D eigenvalue weighted by Gasteiger charge is 2.33. The quantitative estimate of drug-likeness (QED) is 0.797. The molecule has 0 saturated carbocycles. The zero-order valence-corrected chi connectivity index (χ0v) is 11.3. The van der Waals surface area contributed by atoms with Gasteiger partial charge in [0.15, 0.2) is 0 Å². The van der Waals surface area contributed by atoms with Crippen molar-refractivity contribution in [2.24, 2.45) is 11.3 Å². The topological polar surface area (TPSA) is 32.3 Å². The summed E-state index contributed by atoms with van der Waals surface area (Å²) in [6, 6.07) is 0.424. The monoisotopic (exact) mass is 226 g/mol. The van der Waals surface area contributed by atoms with E-state index in [0.29, 0.717) is 17.9 Å². The van der Waals surface area contributed by atoms with Gasteiger partial charge in [-0.3, -0.25) is 4.79 Å². The maximum Gasteiger partial charge on any atom is 0.228 e. The van der Waals surface area contributed by atoms with Gasteiger partial charge in [-0.1, -0.05) is 27.7 Å². The molecule has 0 bridgehead atoms. The molecule has 0 aromatic heterocycles. The smallest absolute Gasteiger partial charge is 0.228 e. The molecule has 3 heteroatoms. The fourth-order valence-corrected chi connectivity index (χ4v) is 2.65. The Morgan fingerprint density at radius 1 is 1.50 bits per heavy atom. The highest BCUT2D eigenvalue weighted by Crippen LogP contribution is 2.28. The number of nitrogens with zero attached hydrogens (tertiary/aromatic N) is 1. The average molecular weight is 226 g/mol. The standard InChI is InChI=1S/C13H26N2O/c1-10(2)8-13(4,5)12(16)15-7-6-14-11(3)9-15/h10-11,14H,6-9H2,1-5H3. The van der Waals surface area contributed by atoms with E-state index >= 15 is 0 Å². The molecule has 1 atom stereocenters. The van der Waals surface area contributed by atoms with Gasteiger partial charge < -0.3 is 10.2 Å². The van der Waals surface area contributed by atoms with Crippen molar-refractivity contribution in [3.05, 3.63) is 0 Å². The van der Waals surface area contributed by atoms with Crippen LogP contribution in [-0.4, -0.2) is 36.5 Å². The molecule has 0 aliphatic carbocycles. The molecule has 1 fully saturated rings. The lowest BCUT2D eigenvalue weighted by Gasteiger charge is -2.37. The molecule has 0 aromatic rings. The number of carbonyl (C=O) groups is 1. The van der Waals surface area contributed by atoms with Gasteiger partial charge in [0.25, 0.3) is 0 Å². The lowest BCUT2D eigenvalue weighted by molar-refractivity contribution is -0.142. The maximum absolute atomic E-state index is 12.4. The van der Waals surface area contributed by atoms with E-state index in [0.717, 1.165) is 26.1 Å². The number of hydrogen-bond donors (Lipinski definition) is 1. The highest BCUT2D eigenvalue weighted by atomic mass is 16.2. The molecule has 1 heterocycles. The van der Waals surface area contributed by atoms with Crippen LogP contribution in [0, 0.1) is 11.3 Å². The molecule has 1 aliphatic heterocycles. The van der Waals surface area contributed by atoms with Gasteiger partial charge in [0.05, 0.1) is 0 Å². The number of carbonyl (C=O) groups excluding carboxylic acids is 1. The molecule has 1 saturated heterocycles. The third kappa shape index (κ3) is 3.48. The minimum atomic E-state index is -0.217. The van der Waals surface area contributed by atoms with Crippen LogP contribution >= 0.6 is 0 Å².